The summed E-state index contributed by atoms with van der Waals surface area (Å²) in [6.07, 6.45) is 12.2. The topological polar surface area (TPSA) is 81.7 Å². The SMILES string of the molecule is CCCNCC1NC2C=CC3CC4=C(C=C3C2N1)OCc1cc(C2=NC(C3CCCN3)NC2)ccc14. The van der Waals surface area contributed by atoms with Gasteiger partial charge in [0.15, 0.2) is 0 Å². The summed E-state index contributed by atoms with van der Waals surface area (Å²) in [7, 11) is 0. The summed E-state index contributed by atoms with van der Waals surface area (Å²) in [6, 6.07) is 8.05. The fourth-order valence-corrected chi connectivity index (χ4v) is 6.81. The van der Waals surface area contributed by atoms with Crippen molar-refractivity contribution in [3.63, 3.8) is 0 Å². The van der Waals surface area contributed by atoms with E-state index in [1.165, 1.54) is 46.4 Å². The zero-order chi connectivity index (χ0) is 24.1. The molecule has 2 fully saturated rings. The average Bonchev–Trinajstić information content (AvgIpc) is 3.68. The Bertz CT molecular complexity index is 1150. The summed E-state index contributed by atoms with van der Waals surface area (Å²) >= 11 is 0. The van der Waals surface area contributed by atoms with Crippen LogP contribution < -0.4 is 26.6 Å². The maximum Gasteiger partial charge on any atom is 0.123 e. The molecule has 4 aliphatic heterocycles. The smallest absolute Gasteiger partial charge is 0.123 e. The maximum absolute atomic E-state index is 6.39. The average molecular weight is 487 g/mol. The summed E-state index contributed by atoms with van der Waals surface area (Å²) in [4.78, 5) is 5.04. The van der Waals surface area contributed by atoms with Crippen molar-refractivity contribution in [1.82, 2.24) is 26.6 Å². The molecular formula is C29H38N6O. The first-order valence-electron chi connectivity index (χ1n) is 13.9. The zero-order valence-corrected chi connectivity index (χ0v) is 21.1. The van der Waals surface area contributed by atoms with Crippen molar-refractivity contribution in [3.8, 4) is 0 Å². The molecule has 2 aliphatic carbocycles. The highest BCUT2D eigenvalue weighted by atomic mass is 16.5. The lowest BCUT2D eigenvalue weighted by Gasteiger charge is -2.36. The van der Waals surface area contributed by atoms with Gasteiger partial charge < -0.3 is 15.4 Å². The second-order valence-corrected chi connectivity index (χ2v) is 11.0. The number of nitrogens with one attached hydrogen (secondary N) is 5. The first-order chi connectivity index (χ1) is 17.8. The molecule has 6 unspecified atom stereocenters. The van der Waals surface area contributed by atoms with E-state index in [-0.39, 0.29) is 6.17 Å². The molecule has 7 rings (SSSR count). The number of fused-ring (bicyclic) bond motifs is 5. The number of hydrogen-bond acceptors (Lipinski definition) is 7. The van der Waals surface area contributed by atoms with Gasteiger partial charge in [-0.05, 0) is 73.2 Å². The zero-order valence-electron chi connectivity index (χ0n) is 21.1. The van der Waals surface area contributed by atoms with E-state index in [4.69, 9.17) is 9.73 Å². The molecule has 1 aromatic rings. The third kappa shape index (κ3) is 4.07. The van der Waals surface area contributed by atoms with Crippen LogP contribution in [0.1, 0.15) is 49.3 Å². The third-order valence-corrected chi connectivity index (χ3v) is 8.67. The van der Waals surface area contributed by atoms with Gasteiger partial charge in [0.1, 0.15) is 18.5 Å². The van der Waals surface area contributed by atoms with Crippen LogP contribution in [0.4, 0.5) is 0 Å². The molecule has 1 aromatic carbocycles. The Balaban J connectivity index is 1.11. The fourth-order valence-electron chi connectivity index (χ4n) is 6.81. The number of aliphatic imine (C=N–C) groups is 1. The standard InChI is InChI=1S/C29H38N6O/c1-2-9-30-15-27-33-23-8-6-17-12-22-20-7-5-18(25-14-32-29(34-25)24-4-3-10-31-24)11-19(20)16-36-26(22)13-21(17)28(23)35-27/h5-8,11,13,17,23-24,27-33,35H,2-4,9-10,12,14-16H2,1H3. The van der Waals surface area contributed by atoms with Crippen molar-refractivity contribution in [2.24, 2.45) is 10.9 Å². The predicted octanol–water partition coefficient (Wildman–Crippen LogP) is 2.17. The normalized spacial score (nSPS) is 34.5. The first kappa shape index (κ1) is 22.9. The van der Waals surface area contributed by atoms with Gasteiger partial charge in [-0.15, -0.1) is 0 Å². The van der Waals surface area contributed by atoms with E-state index in [2.05, 4.69) is 69.9 Å². The molecule has 190 valence electrons. The van der Waals surface area contributed by atoms with Gasteiger partial charge in [0.2, 0.25) is 0 Å². The molecule has 0 radical (unpaired) electrons. The third-order valence-electron chi connectivity index (χ3n) is 8.67. The molecule has 5 N–H and O–H groups in total. The van der Waals surface area contributed by atoms with Gasteiger partial charge in [-0.2, -0.15) is 0 Å². The van der Waals surface area contributed by atoms with E-state index in [0.717, 1.165) is 44.8 Å². The molecule has 6 atom stereocenters. The number of rotatable bonds is 6. The molecule has 7 heteroatoms. The second-order valence-electron chi connectivity index (χ2n) is 11.0. The molecular weight excluding hydrogens is 448 g/mol. The van der Waals surface area contributed by atoms with E-state index in [9.17, 15) is 0 Å². The van der Waals surface area contributed by atoms with Crippen LogP contribution in [-0.2, 0) is 11.3 Å². The van der Waals surface area contributed by atoms with Crippen LogP contribution in [-0.4, -0.2) is 62.3 Å². The lowest BCUT2D eigenvalue weighted by atomic mass is 9.75. The number of benzene rings is 1. The van der Waals surface area contributed by atoms with Gasteiger partial charge in [-0.3, -0.25) is 20.9 Å². The lowest BCUT2D eigenvalue weighted by Crippen LogP contribution is -2.43. The number of allylic oxidation sites excluding steroid dienone is 3. The molecule has 0 saturated carbocycles. The lowest BCUT2D eigenvalue weighted by molar-refractivity contribution is 0.203. The van der Waals surface area contributed by atoms with Crippen LogP contribution in [0.25, 0.3) is 5.57 Å². The van der Waals surface area contributed by atoms with Gasteiger partial charge in [-0.1, -0.05) is 31.2 Å². The second kappa shape index (κ2) is 9.54. The monoisotopic (exact) mass is 486 g/mol. The summed E-state index contributed by atoms with van der Waals surface area (Å²) in [6.45, 7) is 6.80. The molecule has 0 aromatic heterocycles. The minimum atomic E-state index is 0.202. The molecule has 4 heterocycles. The summed E-state index contributed by atoms with van der Waals surface area (Å²) in [5.74, 6) is 1.50. The van der Waals surface area contributed by atoms with Crippen molar-refractivity contribution in [2.75, 3.05) is 26.2 Å². The van der Waals surface area contributed by atoms with Gasteiger partial charge >= 0.3 is 0 Å². The van der Waals surface area contributed by atoms with E-state index >= 15 is 0 Å². The Labute approximate surface area is 213 Å². The van der Waals surface area contributed by atoms with Crippen molar-refractivity contribution in [3.05, 3.63) is 64.4 Å². The molecule has 7 nitrogen and oxygen atoms in total. The fraction of sp³-hybridized carbons (Fsp3) is 0.552. The van der Waals surface area contributed by atoms with Crippen molar-refractivity contribution in [1.29, 1.82) is 0 Å². The van der Waals surface area contributed by atoms with Gasteiger partial charge in [0, 0.05) is 42.7 Å². The van der Waals surface area contributed by atoms with E-state index in [1.807, 2.05) is 0 Å². The first-order valence-corrected chi connectivity index (χ1v) is 13.9. The Morgan fingerprint density at radius 3 is 3.03 bits per heavy atom. The van der Waals surface area contributed by atoms with Gasteiger partial charge in [-0.25, -0.2) is 0 Å². The van der Waals surface area contributed by atoms with Crippen LogP contribution in [0.2, 0.25) is 0 Å². The minimum absolute atomic E-state index is 0.202. The van der Waals surface area contributed by atoms with Crippen molar-refractivity contribution >= 4 is 11.3 Å². The number of hydrogen-bond donors (Lipinski definition) is 5. The van der Waals surface area contributed by atoms with Gasteiger partial charge in [0.05, 0.1) is 11.9 Å². The van der Waals surface area contributed by atoms with Crippen molar-refractivity contribution in [2.45, 2.75) is 69.7 Å². The highest BCUT2D eigenvalue weighted by Gasteiger charge is 2.41. The summed E-state index contributed by atoms with van der Waals surface area (Å²) in [5.41, 5.74) is 7.85. The molecule has 0 amide bonds. The molecule has 0 spiro atoms. The Hall–Kier alpha value is -2.29. The Morgan fingerprint density at radius 1 is 1.17 bits per heavy atom. The Morgan fingerprint density at radius 2 is 2.14 bits per heavy atom. The van der Waals surface area contributed by atoms with Crippen LogP contribution in [0.5, 0.6) is 0 Å². The highest BCUT2D eigenvalue weighted by molar-refractivity contribution is 6.03. The largest absolute Gasteiger partial charge is 0.489 e. The van der Waals surface area contributed by atoms with Crippen molar-refractivity contribution < 1.29 is 4.74 Å². The van der Waals surface area contributed by atoms with Crippen LogP contribution >= 0.6 is 0 Å². The van der Waals surface area contributed by atoms with E-state index in [1.54, 1.807) is 0 Å². The highest BCUT2D eigenvalue weighted by Crippen LogP contribution is 2.44. The van der Waals surface area contributed by atoms with E-state index in [0.29, 0.717) is 36.8 Å². The predicted molar refractivity (Wildman–Crippen MR) is 144 cm³/mol. The molecule has 2 saturated heterocycles. The van der Waals surface area contributed by atoms with Crippen LogP contribution in [0.3, 0.4) is 0 Å². The van der Waals surface area contributed by atoms with Crippen LogP contribution in [0, 0.1) is 5.92 Å². The quantitative estimate of drug-likeness (QED) is 0.313. The summed E-state index contributed by atoms with van der Waals surface area (Å²) < 4.78 is 6.39. The Kier molecular flexibility index (Phi) is 6.06. The van der Waals surface area contributed by atoms with Crippen LogP contribution in [0.15, 0.2) is 52.8 Å². The van der Waals surface area contributed by atoms with E-state index < -0.39 is 0 Å². The molecule has 0 bridgehead atoms. The molecule has 6 aliphatic rings. The molecule has 36 heavy (non-hydrogen) atoms. The summed E-state index contributed by atoms with van der Waals surface area (Å²) in [5, 5.41) is 18.3. The maximum atomic E-state index is 6.39. The minimum Gasteiger partial charge on any atom is -0.489 e. The number of ether oxygens (including phenoxy) is 1. The number of nitrogens with zero attached hydrogens (tertiary/aromatic N) is 1. The van der Waals surface area contributed by atoms with Gasteiger partial charge in [0.25, 0.3) is 0 Å².